The first-order valence-electron chi connectivity index (χ1n) is 10.9. The zero-order valence-corrected chi connectivity index (χ0v) is 21.0. The second-order valence-electron chi connectivity index (χ2n) is 8.32. The molecular weight excluding hydrogens is 464 g/mol. The van der Waals surface area contributed by atoms with E-state index in [1.165, 1.54) is 28.2 Å². The number of hydrogen-bond acceptors (Lipinski definition) is 6. The van der Waals surface area contributed by atoms with Gasteiger partial charge >= 0.3 is 0 Å². The van der Waals surface area contributed by atoms with E-state index in [1.54, 1.807) is 37.3 Å². The summed E-state index contributed by atoms with van der Waals surface area (Å²) in [6.45, 7) is 7.43. The van der Waals surface area contributed by atoms with Crippen LogP contribution in [0.2, 0.25) is 0 Å². The van der Waals surface area contributed by atoms with Crippen molar-refractivity contribution in [2.75, 3.05) is 16.7 Å². The Labute approximate surface area is 204 Å². The summed E-state index contributed by atoms with van der Waals surface area (Å²) in [4.78, 5) is 21.9. The van der Waals surface area contributed by atoms with Crippen LogP contribution in [0.1, 0.15) is 33.0 Å². The molecule has 0 saturated carbocycles. The van der Waals surface area contributed by atoms with Gasteiger partial charge in [0.15, 0.2) is 0 Å². The molecule has 0 saturated heterocycles. The highest BCUT2D eigenvalue weighted by atomic mass is 32.2. The number of hydrogen-bond donors (Lipinski definition) is 1. The maximum Gasteiger partial charge on any atom is 0.264 e. The molecule has 180 valence electrons. The van der Waals surface area contributed by atoms with Gasteiger partial charge in [0.1, 0.15) is 5.82 Å². The molecule has 0 aliphatic heterocycles. The number of amides is 1. The van der Waals surface area contributed by atoms with Gasteiger partial charge in [-0.3, -0.25) is 9.10 Å². The van der Waals surface area contributed by atoms with Gasteiger partial charge in [0.2, 0.25) is 0 Å². The Hall–Kier alpha value is -4.05. The Morgan fingerprint density at radius 3 is 2.20 bits per heavy atom. The SMILES string of the molecule is Cc1ccc(N(C)S(=O)(=O)c2cccc(C(=O)Nc3cc(C)nn3-c3nc(C)cc(C)n3)c2)cc1. The highest BCUT2D eigenvalue weighted by Gasteiger charge is 2.23. The molecule has 35 heavy (non-hydrogen) atoms. The summed E-state index contributed by atoms with van der Waals surface area (Å²) in [5.74, 6) is 0.232. The predicted octanol–water partition coefficient (Wildman–Crippen LogP) is 3.97. The minimum absolute atomic E-state index is 0.00977. The molecule has 0 aliphatic rings. The second-order valence-corrected chi connectivity index (χ2v) is 10.3. The van der Waals surface area contributed by atoms with Crippen molar-refractivity contribution < 1.29 is 13.2 Å². The highest BCUT2D eigenvalue weighted by Crippen LogP contribution is 2.24. The Morgan fingerprint density at radius 1 is 0.886 bits per heavy atom. The molecule has 10 heteroatoms. The number of carbonyl (C=O) groups excluding carboxylic acids is 1. The Balaban J connectivity index is 1.62. The summed E-state index contributed by atoms with van der Waals surface area (Å²) in [6, 6.07) is 16.6. The number of rotatable bonds is 6. The number of nitrogens with one attached hydrogen (secondary N) is 1. The van der Waals surface area contributed by atoms with Crippen molar-refractivity contribution in [1.29, 1.82) is 0 Å². The lowest BCUT2D eigenvalue weighted by Gasteiger charge is -2.20. The maximum atomic E-state index is 13.2. The third-order valence-electron chi connectivity index (χ3n) is 5.39. The van der Waals surface area contributed by atoms with Crippen LogP contribution in [0.15, 0.2) is 65.6 Å². The van der Waals surface area contributed by atoms with Gasteiger partial charge < -0.3 is 5.32 Å². The zero-order chi connectivity index (χ0) is 25.3. The van der Waals surface area contributed by atoms with Crippen molar-refractivity contribution in [1.82, 2.24) is 19.7 Å². The molecule has 2 aromatic heterocycles. The summed E-state index contributed by atoms with van der Waals surface area (Å²) < 4.78 is 29.1. The van der Waals surface area contributed by atoms with E-state index >= 15 is 0 Å². The third kappa shape index (κ3) is 5.07. The monoisotopic (exact) mass is 490 g/mol. The fourth-order valence-electron chi connectivity index (χ4n) is 3.58. The van der Waals surface area contributed by atoms with Crippen molar-refractivity contribution in [2.24, 2.45) is 0 Å². The Bertz CT molecular complexity index is 1490. The van der Waals surface area contributed by atoms with E-state index in [2.05, 4.69) is 20.4 Å². The molecule has 0 atom stereocenters. The fourth-order valence-corrected chi connectivity index (χ4v) is 4.82. The van der Waals surface area contributed by atoms with E-state index in [0.717, 1.165) is 17.0 Å². The zero-order valence-electron chi connectivity index (χ0n) is 20.1. The number of carbonyl (C=O) groups is 1. The molecule has 0 unspecified atom stereocenters. The molecule has 4 rings (SSSR count). The second kappa shape index (κ2) is 9.30. The van der Waals surface area contributed by atoms with Crippen LogP contribution in [0.25, 0.3) is 5.95 Å². The third-order valence-corrected chi connectivity index (χ3v) is 7.17. The van der Waals surface area contributed by atoms with Gasteiger partial charge in [-0.1, -0.05) is 23.8 Å². The number of aromatic nitrogens is 4. The van der Waals surface area contributed by atoms with Crippen LogP contribution in [-0.2, 0) is 10.0 Å². The van der Waals surface area contributed by atoms with Gasteiger partial charge in [0.25, 0.3) is 21.9 Å². The van der Waals surface area contributed by atoms with Crippen LogP contribution >= 0.6 is 0 Å². The first kappa shape index (κ1) is 24.1. The molecule has 9 nitrogen and oxygen atoms in total. The van der Waals surface area contributed by atoms with Gasteiger partial charge in [-0.25, -0.2) is 18.4 Å². The van der Waals surface area contributed by atoms with Gasteiger partial charge in [0.05, 0.1) is 16.3 Å². The molecule has 0 aliphatic carbocycles. The number of benzene rings is 2. The number of anilines is 2. The molecule has 1 amide bonds. The van der Waals surface area contributed by atoms with Gasteiger partial charge in [-0.15, -0.1) is 0 Å². The number of sulfonamides is 1. The lowest BCUT2D eigenvalue weighted by molar-refractivity contribution is 0.102. The fraction of sp³-hybridized carbons (Fsp3) is 0.200. The van der Waals surface area contributed by atoms with E-state index in [9.17, 15) is 13.2 Å². The van der Waals surface area contributed by atoms with Gasteiger partial charge in [-0.05, 0) is 64.1 Å². The summed E-state index contributed by atoms with van der Waals surface area (Å²) in [5, 5.41) is 7.21. The lowest BCUT2D eigenvalue weighted by atomic mass is 10.2. The predicted molar refractivity (Wildman–Crippen MR) is 135 cm³/mol. The van der Waals surface area contributed by atoms with Crippen LogP contribution in [0.5, 0.6) is 0 Å². The Morgan fingerprint density at radius 2 is 1.54 bits per heavy atom. The van der Waals surface area contributed by atoms with Crippen LogP contribution in [-0.4, -0.2) is 41.1 Å². The lowest BCUT2D eigenvalue weighted by Crippen LogP contribution is -2.27. The van der Waals surface area contributed by atoms with Crippen molar-refractivity contribution in [3.05, 3.63) is 88.9 Å². The van der Waals surface area contributed by atoms with E-state index in [-0.39, 0.29) is 10.5 Å². The first-order valence-corrected chi connectivity index (χ1v) is 12.3. The standard InChI is InChI=1S/C25H26N6O3S/c1-16-9-11-21(12-10-16)30(5)35(33,34)22-8-6-7-20(15-22)24(32)28-23-14-19(4)29-31(23)25-26-17(2)13-18(3)27-25/h6-15H,1-5H3,(H,28,32). The van der Waals surface area contributed by atoms with Crippen molar-refractivity contribution in [3.8, 4) is 5.95 Å². The van der Waals surface area contributed by atoms with E-state index in [0.29, 0.717) is 23.1 Å². The van der Waals surface area contributed by atoms with Crippen molar-refractivity contribution in [3.63, 3.8) is 0 Å². The molecule has 2 aromatic carbocycles. The molecule has 4 aromatic rings. The average Bonchev–Trinajstić information content (AvgIpc) is 3.18. The van der Waals surface area contributed by atoms with Crippen LogP contribution in [0.4, 0.5) is 11.5 Å². The average molecular weight is 491 g/mol. The molecule has 2 heterocycles. The van der Waals surface area contributed by atoms with Crippen LogP contribution < -0.4 is 9.62 Å². The summed E-state index contributed by atoms with van der Waals surface area (Å²) in [7, 11) is -2.39. The molecular formula is C25H26N6O3S. The highest BCUT2D eigenvalue weighted by molar-refractivity contribution is 7.92. The maximum absolute atomic E-state index is 13.2. The van der Waals surface area contributed by atoms with Crippen molar-refractivity contribution >= 4 is 27.4 Å². The van der Waals surface area contributed by atoms with E-state index in [4.69, 9.17) is 0 Å². The summed E-state index contributed by atoms with van der Waals surface area (Å²) in [5.41, 5.74) is 3.95. The van der Waals surface area contributed by atoms with Crippen molar-refractivity contribution in [2.45, 2.75) is 32.6 Å². The summed E-state index contributed by atoms with van der Waals surface area (Å²) >= 11 is 0. The first-order chi connectivity index (χ1) is 16.5. The largest absolute Gasteiger partial charge is 0.306 e. The molecule has 0 radical (unpaired) electrons. The smallest absolute Gasteiger partial charge is 0.264 e. The molecule has 0 fully saturated rings. The quantitative estimate of drug-likeness (QED) is 0.438. The number of aryl methyl sites for hydroxylation is 4. The molecule has 1 N–H and O–H groups in total. The number of nitrogens with zero attached hydrogens (tertiary/aromatic N) is 5. The molecule has 0 spiro atoms. The van der Waals surface area contributed by atoms with E-state index in [1.807, 2.05) is 39.0 Å². The normalized spacial score (nSPS) is 11.3. The van der Waals surface area contributed by atoms with E-state index < -0.39 is 15.9 Å². The minimum Gasteiger partial charge on any atom is -0.306 e. The van der Waals surface area contributed by atoms with Gasteiger partial charge in [0, 0.05) is 30.1 Å². The summed E-state index contributed by atoms with van der Waals surface area (Å²) in [6.07, 6.45) is 0. The topological polar surface area (TPSA) is 110 Å². The van der Waals surface area contributed by atoms with Gasteiger partial charge in [-0.2, -0.15) is 9.78 Å². The molecule has 0 bridgehead atoms. The van der Waals surface area contributed by atoms with Crippen LogP contribution in [0.3, 0.4) is 0 Å². The van der Waals surface area contributed by atoms with Crippen LogP contribution in [0, 0.1) is 27.7 Å². The Kier molecular flexibility index (Phi) is 6.40. The minimum atomic E-state index is -3.87.